The van der Waals surface area contributed by atoms with E-state index in [1.807, 2.05) is 0 Å². The van der Waals surface area contributed by atoms with Crippen LogP contribution >= 0.6 is 0 Å². The molecule has 0 aliphatic rings. The number of pyridine rings is 1. The summed E-state index contributed by atoms with van der Waals surface area (Å²) in [6.07, 6.45) is 1.52. The van der Waals surface area contributed by atoms with E-state index in [2.05, 4.69) is 15.2 Å². The lowest BCUT2D eigenvalue weighted by atomic mass is 10.1. The molecule has 1 heterocycles. The van der Waals surface area contributed by atoms with Gasteiger partial charge in [0.2, 0.25) is 0 Å². The number of anilines is 2. The van der Waals surface area contributed by atoms with E-state index in [0.29, 0.717) is 16.6 Å². The fraction of sp³-hybridized carbons (Fsp3) is 0. The summed E-state index contributed by atoms with van der Waals surface area (Å²) in [7, 11) is -9.69. The molecular weight excluding hydrogens is 474 g/mol. The van der Waals surface area contributed by atoms with Crippen molar-refractivity contribution in [3.63, 3.8) is 0 Å². The monoisotopic (exact) mass is 489 g/mol. The highest BCUT2D eigenvalue weighted by Crippen LogP contribution is 2.43. The lowest BCUT2D eigenvalue weighted by molar-refractivity contribution is 0.472. The molecule has 14 heteroatoms. The molecule has 4 rings (SSSR count). The Balaban J connectivity index is 2.00. The number of azo groups is 1. The minimum atomic E-state index is -4.95. The number of fused-ring (bicyclic) bond motifs is 2. The van der Waals surface area contributed by atoms with Gasteiger partial charge in [-0.3, -0.25) is 14.1 Å². The van der Waals surface area contributed by atoms with Crippen molar-refractivity contribution in [3.05, 3.63) is 48.7 Å². The van der Waals surface area contributed by atoms with E-state index in [4.69, 9.17) is 11.5 Å². The summed E-state index contributed by atoms with van der Waals surface area (Å²) < 4.78 is 66.0. The molecule has 0 aliphatic carbocycles. The minimum absolute atomic E-state index is 0.0925. The lowest BCUT2D eigenvalue weighted by Gasteiger charge is -2.11. The van der Waals surface area contributed by atoms with E-state index in [9.17, 15) is 31.0 Å². The van der Waals surface area contributed by atoms with Crippen LogP contribution in [0.5, 0.6) is 5.75 Å². The molecule has 0 fully saturated rings. The summed E-state index contributed by atoms with van der Waals surface area (Å²) >= 11 is 0. The maximum absolute atomic E-state index is 12.0. The second kappa shape index (κ2) is 7.63. The number of nitrogens with zero attached hydrogens (tertiary/aromatic N) is 3. The molecular formula is C19H15N5O7S2. The number of rotatable bonds is 4. The van der Waals surface area contributed by atoms with Gasteiger partial charge < -0.3 is 16.6 Å². The number of phenolic OH excluding ortho intramolecular Hbond substituents is 1. The van der Waals surface area contributed by atoms with E-state index in [1.54, 1.807) is 12.1 Å². The Kier molecular flexibility index (Phi) is 5.17. The number of hydrogen-bond donors (Lipinski definition) is 5. The van der Waals surface area contributed by atoms with Crippen LogP contribution in [0.3, 0.4) is 0 Å². The third kappa shape index (κ3) is 4.03. The van der Waals surface area contributed by atoms with Crippen molar-refractivity contribution in [1.82, 2.24) is 4.98 Å². The van der Waals surface area contributed by atoms with Gasteiger partial charge in [0.1, 0.15) is 15.5 Å². The zero-order chi connectivity index (χ0) is 24.1. The Bertz CT molecular complexity index is 1700. The second-order valence-electron chi connectivity index (χ2n) is 6.91. The molecule has 170 valence electrons. The summed E-state index contributed by atoms with van der Waals surface area (Å²) in [4.78, 5) is 2.60. The number of benzene rings is 3. The van der Waals surface area contributed by atoms with Crippen molar-refractivity contribution in [2.75, 3.05) is 11.5 Å². The molecule has 12 nitrogen and oxygen atoms in total. The van der Waals surface area contributed by atoms with Crippen LogP contribution in [0.15, 0.2) is 68.7 Å². The Morgan fingerprint density at radius 1 is 0.818 bits per heavy atom. The zero-order valence-electron chi connectivity index (χ0n) is 16.4. The smallest absolute Gasteiger partial charge is 0.296 e. The first-order valence-electron chi connectivity index (χ1n) is 8.97. The molecule has 0 spiro atoms. The standard InChI is InChI=1S/C19H15N5O7S2/c20-12-3-4-14(10-2-1-5-22-17(10)12)23-24-18-16(33(29,30)31)7-9-6-15(32(26,27)28)13(21)8-11(9)19(18)25/h1-8,25H,20-21H2,(H,26,27,28)(H,29,30,31). The van der Waals surface area contributed by atoms with Crippen LogP contribution in [0.1, 0.15) is 0 Å². The van der Waals surface area contributed by atoms with Crippen molar-refractivity contribution >= 4 is 64.7 Å². The van der Waals surface area contributed by atoms with Crippen LogP contribution in [-0.2, 0) is 20.2 Å². The van der Waals surface area contributed by atoms with Gasteiger partial charge in [0.05, 0.1) is 22.6 Å². The summed E-state index contributed by atoms with van der Waals surface area (Å²) in [5, 5.41) is 18.8. The van der Waals surface area contributed by atoms with Crippen LogP contribution in [-0.4, -0.2) is 36.0 Å². The fourth-order valence-electron chi connectivity index (χ4n) is 3.28. The number of nitrogen functional groups attached to an aromatic ring is 2. The zero-order valence-corrected chi connectivity index (χ0v) is 18.0. The second-order valence-corrected chi connectivity index (χ2v) is 9.69. The summed E-state index contributed by atoms with van der Waals surface area (Å²) in [5.74, 6) is -0.740. The molecule has 0 amide bonds. The van der Waals surface area contributed by atoms with Gasteiger partial charge in [-0.1, -0.05) is 0 Å². The largest absolute Gasteiger partial charge is 0.505 e. The predicted octanol–water partition coefficient (Wildman–Crippen LogP) is 3.17. The Morgan fingerprint density at radius 2 is 1.48 bits per heavy atom. The van der Waals surface area contributed by atoms with Gasteiger partial charge in [0.25, 0.3) is 20.2 Å². The van der Waals surface area contributed by atoms with Crippen molar-refractivity contribution in [3.8, 4) is 5.75 Å². The maximum atomic E-state index is 12.0. The SMILES string of the molecule is Nc1cc2c(O)c(N=Nc3ccc(N)c4ncccc34)c(S(=O)(=O)O)cc2cc1S(=O)(=O)O. The van der Waals surface area contributed by atoms with Gasteiger partial charge in [-0.2, -0.15) is 16.8 Å². The number of nitrogens with two attached hydrogens (primary N) is 2. The highest BCUT2D eigenvalue weighted by molar-refractivity contribution is 7.86. The van der Waals surface area contributed by atoms with Gasteiger partial charge in [-0.15, -0.1) is 10.2 Å². The number of aromatic nitrogens is 1. The van der Waals surface area contributed by atoms with Crippen LogP contribution < -0.4 is 11.5 Å². The van der Waals surface area contributed by atoms with Gasteiger partial charge >= 0.3 is 0 Å². The Labute approximate surface area is 186 Å². The average Bonchev–Trinajstić information content (AvgIpc) is 2.73. The van der Waals surface area contributed by atoms with Crippen LogP contribution in [0.4, 0.5) is 22.7 Å². The third-order valence-corrected chi connectivity index (χ3v) is 6.55. The number of hydrogen-bond acceptors (Lipinski definition) is 10. The summed E-state index contributed by atoms with van der Waals surface area (Å²) in [5.41, 5.74) is 11.6. The number of aromatic hydroxyl groups is 1. The highest BCUT2D eigenvalue weighted by Gasteiger charge is 2.24. The first kappa shape index (κ1) is 22.3. The Morgan fingerprint density at radius 3 is 2.15 bits per heavy atom. The molecule has 0 unspecified atom stereocenters. The molecule has 0 bridgehead atoms. The van der Waals surface area contributed by atoms with E-state index < -0.39 is 47.2 Å². The van der Waals surface area contributed by atoms with Crippen LogP contribution in [0, 0.1) is 0 Å². The van der Waals surface area contributed by atoms with Crippen molar-refractivity contribution < 1.29 is 31.0 Å². The molecule has 0 aliphatic heterocycles. The fourth-order valence-corrected chi connectivity index (χ4v) is 4.57. The molecule has 33 heavy (non-hydrogen) atoms. The normalized spacial score (nSPS) is 12.7. The van der Waals surface area contributed by atoms with Gasteiger partial charge in [-0.25, -0.2) is 0 Å². The maximum Gasteiger partial charge on any atom is 0.296 e. The van der Waals surface area contributed by atoms with E-state index in [-0.39, 0.29) is 16.5 Å². The first-order valence-corrected chi connectivity index (χ1v) is 11.8. The van der Waals surface area contributed by atoms with Crippen molar-refractivity contribution in [1.29, 1.82) is 0 Å². The molecule has 4 aromatic rings. The highest BCUT2D eigenvalue weighted by atomic mass is 32.2. The quantitative estimate of drug-likeness (QED) is 0.160. The number of phenols is 1. The minimum Gasteiger partial charge on any atom is -0.505 e. The van der Waals surface area contributed by atoms with E-state index in [1.165, 1.54) is 18.3 Å². The molecule has 1 aromatic heterocycles. The predicted molar refractivity (Wildman–Crippen MR) is 120 cm³/mol. The molecule has 0 atom stereocenters. The lowest BCUT2D eigenvalue weighted by Crippen LogP contribution is -2.04. The summed E-state index contributed by atoms with van der Waals surface area (Å²) in [6.45, 7) is 0. The molecule has 0 radical (unpaired) electrons. The van der Waals surface area contributed by atoms with Crippen LogP contribution in [0.25, 0.3) is 21.7 Å². The van der Waals surface area contributed by atoms with Crippen LogP contribution in [0.2, 0.25) is 0 Å². The average molecular weight is 489 g/mol. The molecule has 0 saturated carbocycles. The van der Waals surface area contributed by atoms with Crippen molar-refractivity contribution in [2.45, 2.75) is 9.79 Å². The van der Waals surface area contributed by atoms with Gasteiger partial charge in [0, 0.05) is 17.0 Å². The van der Waals surface area contributed by atoms with Gasteiger partial charge in [-0.05, 0) is 47.9 Å². The third-order valence-electron chi connectivity index (χ3n) is 4.77. The van der Waals surface area contributed by atoms with Gasteiger partial charge in [0.15, 0.2) is 5.75 Å². The molecule has 7 N–H and O–H groups in total. The molecule has 3 aromatic carbocycles. The Hall–Kier alpha value is -3.85. The molecule has 0 saturated heterocycles. The topological polar surface area (TPSA) is 219 Å². The van der Waals surface area contributed by atoms with Crippen molar-refractivity contribution in [2.24, 2.45) is 10.2 Å². The first-order chi connectivity index (χ1) is 15.4. The summed E-state index contributed by atoms with van der Waals surface area (Å²) in [6, 6.07) is 9.06. The van der Waals surface area contributed by atoms with E-state index >= 15 is 0 Å². The van der Waals surface area contributed by atoms with E-state index in [0.717, 1.165) is 18.2 Å².